The number of nitrogens with zero attached hydrogens (tertiary/aromatic N) is 4. The van der Waals surface area contributed by atoms with Gasteiger partial charge in [-0.2, -0.15) is 0 Å². The largest absolute Gasteiger partial charge is 0.492 e. The molecule has 1 aliphatic heterocycles. The fraction of sp³-hybridized carbons (Fsp3) is 0.375. The predicted molar refractivity (Wildman–Crippen MR) is 122 cm³/mol. The van der Waals surface area contributed by atoms with Gasteiger partial charge in [-0.05, 0) is 43.7 Å². The van der Waals surface area contributed by atoms with Crippen LogP contribution in [0.5, 0.6) is 5.75 Å². The van der Waals surface area contributed by atoms with E-state index in [1.165, 1.54) is 0 Å². The zero-order valence-corrected chi connectivity index (χ0v) is 18.1. The summed E-state index contributed by atoms with van der Waals surface area (Å²) in [6.07, 6.45) is 0. The first kappa shape index (κ1) is 21.2. The van der Waals surface area contributed by atoms with Crippen molar-refractivity contribution in [1.82, 2.24) is 14.8 Å². The number of piperazine rings is 1. The van der Waals surface area contributed by atoms with Gasteiger partial charge in [0.05, 0.1) is 10.4 Å². The minimum Gasteiger partial charge on any atom is -0.492 e. The Balaban J connectivity index is 1.26. The highest BCUT2D eigenvalue weighted by atomic mass is 16.6. The van der Waals surface area contributed by atoms with E-state index in [1.807, 2.05) is 43.3 Å². The Labute approximate surface area is 182 Å². The molecule has 2 heterocycles. The maximum Gasteiger partial charge on any atom is 0.272 e. The van der Waals surface area contributed by atoms with E-state index in [0.29, 0.717) is 12.2 Å². The van der Waals surface area contributed by atoms with Crippen molar-refractivity contribution in [2.24, 2.45) is 0 Å². The van der Waals surface area contributed by atoms with Crippen molar-refractivity contribution in [3.63, 3.8) is 0 Å². The number of benzene rings is 2. The Morgan fingerprint density at radius 3 is 2.58 bits per heavy atom. The Morgan fingerprint density at radius 2 is 1.81 bits per heavy atom. The highest BCUT2D eigenvalue weighted by Gasteiger charge is 2.18. The smallest absolute Gasteiger partial charge is 0.272 e. The summed E-state index contributed by atoms with van der Waals surface area (Å²) in [6, 6.07) is 15.6. The molecular formula is C24H28N4O3. The van der Waals surface area contributed by atoms with Crippen molar-refractivity contribution >= 4 is 16.6 Å². The van der Waals surface area contributed by atoms with Gasteiger partial charge in [-0.25, -0.2) is 0 Å². The van der Waals surface area contributed by atoms with Gasteiger partial charge in [-0.15, -0.1) is 0 Å². The quantitative estimate of drug-likeness (QED) is 0.426. The fourth-order valence-electron chi connectivity index (χ4n) is 4.02. The third-order valence-corrected chi connectivity index (χ3v) is 5.84. The lowest BCUT2D eigenvalue weighted by molar-refractivity contribution is -0.385. The van der Waals surface area contributed by atoms with Crippen LogP contribution in [0, 0.1) is 24.0 Å². The second-order valence-electron chi connectivity index (χ2n) is 8.12. The van der Waals surface area contributed by atoms with Crippen LogP contribution in [0.15, 0.2) is 48.5 Å². The molecule has 2 aromatic carbocycles. The maximum absolute atomic E-state index is 11.2. The lowest BCUT2D eigenvalue weighted by Gasteiger charge is -2.34. The Hall–Kier alpha value is -3.03. The number of nitro groups is 1. The van der Waals surface area contributed by atoms with E-state index in [2.05, 4.69) is 20.9 Å². The number of nitro benzene ring substituents is 1. The first-order valence-electron chi connectivity index (χ1n) is 10.7. The number of fused-ring (bicyclic) bond motifs is 1. The van der Waals surface area contributed by atoms with Crippen LogP contribution in [-0.2, 0) is 6.54 Å². The van der Waals surface area contributed by atoms with Gasteiger partial charge in [-0.3, -0.25) is 24.9 Å². The zero-order chi connectivity index (χ0) is 21.8. The molecule has 7 nitrogen and oxygen atoms in total. The van der Waals surface area contributed by atoms with Crippen LogP contribution < -0.4 is 4.74 Å². The minimum absolute atomic E-state index is 0.201. The molecule has 0 bridgehead atoms. The normalized spacial score (nSPS) is 15.3. The van der Waals surface area contributed by atoms with E-state index in [9.17, 15) is 10.1 Å². The van der Waals surface area contributed by atoms with E-state index in [1.54, 1.807) is 13.0 Å². The summed E-state index contributed by atoms with van der Waals surface area (Å²) in [5.41, 5.74) is 3.86. The van der Waals surface area contributed by atoms with Crippen molar-refractivity contribution in [3.8, 4) is 5.75 Å². The second-order valence-corrected chi connectivity index (χ2v) is 8.12. The standard InChI is InChI=1S/C24H28N4O3/c1-18-6-8-20(16-23(18)28(29)30)17-27-12-10-26(11-13-27)14-15-31-24-5-3-4-22-21(24)9-7-19(2)25-22/h3-9,16H,10-15,17H2,1-2H3. The highest BCUT2D eigenvalue weighted by molar-refractivity contribution is 5.85. The van der Waals surface area contributed by atoms with Gasteiger partial charge in [0.1, 0.15) is 12.4 Å². The van der Waals surface area contributed by atoms with Gasteiger partial charge < -0.3 is 4.74 Å². The lowest BCUT2D eigenvalue weighted by Crippen LogP contribution is -2.47. The van der Waals surface area contributed by atoms with E-state index < -0.39 is 0 Å². The van der Waals surface area contributed by atoms with Gasteiger partial charge >= 0.3 is 0 Å². The van der Waals surface area contributed by atoms with Gasteiger partial charge in [0.2, 0.25) is 0 Å². The molecule has 1 aromatic heterocycles. The molecule has 0 spiro atoms. The Kier molecular flexibility index (Phi) is 6.44. The van der Waals surface area contributed by atoms with E-state index in [0.717, 1.165) is 67.2 Å². The lowest BCUT2D eigenvalue weighted by atomic mass is 10.1. The van der Waals surface area contributed by atoms with Gasteiger partial charge in [0.25, 0.3) is 5.69 Å². The number of hydrogen-bond donors (Lipinski definition) is 0. The molecule has 0 atom stereocenters. The summed E-state index contributed by atoms with van der Waals surface area (Å²) in [7, 11) is 0. The van der Waals surface area contributed by atoms with Crippen LogP contribution in [0.25, 0.3) is 10.9 Å². The fourth-order valence-corrected chi connectivity index (χ4v) is 4.02. The molecule has 1 saturated heterocycles. The topological polar surface area (TPSA) is 71.7 Å². The number of aromatic nitrogens is 1. The number of aryl methyl sites for hydroxylation is 2. The van der Waals surface area contributed by atoms with Crippen LogP contribution in [0.3, 0.4) is 0 Å². The van der Waals surface area contributed by atoms with Crippen molar-refractivity contribution in [2.45, 2.75) is 20.4 Å². The van der Waals surface area contributed by atoms with Crippen molar-refractivity contribution in [2.75, 3.05) is 39.3 Å². The SMILES string of the molecule is Cc1ccc2c(OCCN3CCN(Cc4ccc(C)c([N+](=O)[O-])c4)CC3)cccc2n1. The Bertz CT molecular complexity index is 1080. The summed E-state index contributed by atoms with van der Waals surface area (Å²) >= 11 is 0. The summed E-state index contributed by atoms with van der Waals surface area (Å²) in [5, 5.41) is 12.2. The van der Waals surface area contributed by atoms with Gasteiger partial charge in [-0.1, -0.05) is 18.2 Å². The van der Waals surface area contributed by atoms with Crippen LogP contribution in [0.1, 0.15) is 16.8 Å². The van der Waals surface area contributed by atoms with Crippen molar-refractivity contribution in [3.05, 3.63) is 75.5 Å². The minimum atomic E-state index is -0.302. The van der Waals surface area contributed by atoms with E-state index in [-0.39, 0.29) is 10.6 Å². The first-order valence-corrected chi connectivity index (χ1v) is 10.7. The number of pyridine rings is 1. The first-order chi connectivity index (χ1) is 15.0. The van der Waals surface area contributed by atoms with Crippen LogP contribution in [-0.4, -0.2) is 59.0 Å². The third-order valence-electron chi connectivity index (χ3n) is 5.84. The third kappa shape index (κ3) is 5.18. The van der Waals surface area contributed by atoms with Gasteiger partial charge in [0, 0.05) is 62.0 Å². The molecule has 1 fully saturated rings. The number of rotatable bonds is 7. The van der Waals surface area contributed by atoms with Crippen LogP contribution in [0.4, 0.5) is 5.69 Å². The monoisotopic (exact) mass is 420 g/mol. The van der Waals surface area contributed by atoms with E-state index >= 15 is 0 Å². The summed E-state index contributed by atoms with van der Waals surface area (Å²) in [5.74, 6) is 0.879. The molecule has 0 N–H and O–H groups in total. The molecule has 1 aliphatic rings. The number of ether oxygens (including phenoxy) is 1. The number of hydrogen-bond acceptors (Lipinski definition) is 6. The second kappa shape index (κ2) is 9.41. The zero-order valence-electron chi connectivity index (χ0n) is 18.1. The van der Waals surface area contributed by atoms with Crippen LogP contribution >= 0.6 is 0 Å². The molecule has 0 amide bonds. The molecule has 0 aliphatic carbocycles. The molecular weight excluding hydrogens is 392 g/mol. The maximum atomic E-state index is 11.2. The average Bonchev–Trinajstić information content (AvgIpc) is 2.76. The molecule has 3 aromatic rings. The highest BCUT2D eigenvalue weighted by Crippen LogP contribution is 2.24. The summed E-state index contributed by atoms with van der Waals surface area (Å²) in [4.78, 5) is 20.2. The Morgan fingerprint density at radius 1 is 1.03 bits per heavy atom. The molecule has 0 saturated carbocycles. The molecule has 7 heteroatoms. The molecule has 162 valence electrons. The molecule has 0 unspecified atom stereocenters. The molecule has 31 heavy (non-hydrogen) atoms. The molecule has 0 radical (unpaired) electrons. The predicted octanol–water partition coefficient (Wildman–Crippen LogP) is 3.96. The van der Waals surface area contributed by atoms with E-state index in [4.69, 9.17) is 4.74 Å². The average molecular weight is 421 g/mol. The van der Waals surface area contributed by atoms with Crippen molar-refractivity contribution < 1.29 is 9.66 Å². The van der Waals surface area contributed by atoms with Crippen molar-refractivity contribution in [1.29, 1.82) is 0 Å². The summed E-state index contributed by atoms with van der Waals surface area (Å²) < 4.78 is 6.07. The van der Waals surface area contributed by atoms with Crippen LogP contribution in [0.2, 0.25) is 0 Å². The summed E-state index contributed by atoms with van der Waals surface area (Å²) in [6.45, 7) is 9.84. The van der Waals surface area contributed by atoms with Gasteiger partial charge in [0.15, 0.2) is 0 Å². The molecule has 4 rings (SSSR count).